The highest BCUT2D eigenvalue weighted by Crippen LogP contribution is 2.24. The Morgan fingerprint density at radius 1 is 1.50 bits per heavy atom. The van der Waals surface area contributed by atoms with E-state index in [2.05, 4.69) is 11.1 Å². The Bertz CT molecular complexity index is 511. The molecule has 0 saturated heterocycles. The average molecular weight is 263 g/mol. The summed E-state index contributed by atoms with van der Waals surface area (Å²) in [6, 6.07) is 7.59. The molecule has 0 saturated carbocycles. The molecule has 18 heavy (non-hydrogen) atoms. The summed E-state index contributed by atoms with van der Waals surface area (Å²) in [6.45, 7) is 2.94. The molecule has 5 heteroatoms. The van der Waals surface area contributed by atoms with Crippen molar-refractivity contribution in [2.45, 2.75) is 13.3 Å². The van der Waals surface area contributed by atoms with Crippen molar-refractivity contribution in [3.8, 4) is 0 Å². The molecule has 0 aliphatic carbocycles. The van der Waals surface area contributed by atoms with Crippen molar-refractivity contribution < 1.29 is 8.76 Å². The molecule has 2 rings (SSSR count). The maximum atomic E-state index is 11.1. The van der Waals surface area contributed by atoms with Crippen molar-refractivity contribution >= 4 is 28.7 Å². The standard InChI is InChI=1S/C13H16N2O2S/c1-2-15(18(16)17)13-5-3-4-12(10-13)11-6-8-14-9-7-11/h3-6,9-10H,2,7-8H2,1H3,(H,16,17)/p-1. The van der Waals surface area contributed by atoms with Gasteiger partial charge < -0.3 is 8.86 Å². The molecule has 1 heterocycles. The largest absolute Gasteiger partial charge is 0.755 e. The number of hydrogen-bond acceptors (Lipinski definition) is 3. The van der Waals surface area contributed by atoms with Gasteiger partial charge in [0.2, 0.25) is 0 Å². The van der Waals surface area contributed by atoms with Gasteiger partial charge in [-0.1, -0.05) is 18.2 Å². The monoisotopic (exact) mass is 263 g/mol. The van der Waals surface area contributed by atoms with Crippen LogP contribution in [0.1, 0.15) is 18.9 Å². The number of nitrogens with zero attached hydrogens (tertiary/aromatic N) is 2. The van der Waals surface area contributed by atoms with Crippen molar-refractivity contribution in [1.29, 1.82) is 0 Å². The van der Waals surface area contributed by atoms with E-state index in [1.165, 1.54) is 9.88 Å². The predicted octanol–water partition coefficient (Wildman–Crippen LogP) is 2.16. The van der Waals surface area contributed by atoms with Crippen molar-refractivity contribution in [2.75, 3.05) is 17.4 Å². The van der Waals surface area contributed by atoms with Gasteiger partial charge in [-0.3, -0.25) is 9.20 Å². The summed E-state index contributed by atoms with van der Waals surface area (Å²) >= 11 is -2.23. The topological polar surface area (TPSA) is 55.7 Å². The Balaban J connectivity index is 2.29. The van der Waals surface area contributed by atoms with Crippen molar-refractivity contribution in [3.63, 3.8) is 0 Å². The van der Waals surface area contributed by atoms with E-state index in [1.807, 2.05) is 31.3 Å². The molecule has 0 radical (unpaired) electrons. The van der Waals surface area contributed by atoms with E-state index in [0.29, 0.717) is 18.8 Å². The maximum absolute atomic E-state index is 11.1. The van der Waals surface area contributed by atoms with Gasteiger partial charge in [0, 0.05) is 36.1 Å². The van der Waals surface area contributed by atoms with Gasteiger partial charge in [-0.05, 0) is 30.2 Å². The molecule has 1 aromatic carbocycles. The van der Waals surface area contributed by atoms with Crippen LogP contribution in [0.4, 0.5) is 5.69 Å². The zero-order chi connectivity index (χ0) is 13.0. The molecule has 1 aliphatic rings. The van der Waals surface area contributed by atoms with E-state index in [0.717, 1.165) is 12.0 Å². The minimum Gasteiger partial charge on any atom is -0.755 e. The van der Waals surface area contributed by atoms with Crippen LogP contribution in [0, 0.1) is 0 Å². The molecule has 96 valence electrons. The third-order valence-electron chi connectivity index (χ3n) is 2.86. The molecule has 0 N–H and O–H groups in total. The Hall–Kier alpha value is -1.46. The quantitative estimate of drug-likeness (QED) is 0.782. The lowest BCUT2D eigenvalue weighted by Crippen LogP contribution is -2.24. The molecule has 4 nitrogen and oxygen atoms in total. The van der Waals surface area contributed by atoms with Crippen LogP contribution in [-0.2, 0) is 11.3 Å². The molecule has 1 unspecified atom stereocenters. The van der Waals surface area contributed by atoms with E-state index in [4.69, 9.17) is 0 Å². The van der Waals surface area contributed by atoms with Crippen LogP contribution >= 0.6 is 0 Å². The Morgan fingerprint density at radius 2 is 2.33 bits per heavy atom. The molecule has 1 aromatic rings. The van der Waals surface area contributed by atoms with Crippen LogP contribution in [-0.4, -0.2) is 28.1 Å². The fourth-order valence-corrected chi connectivity index (χ4v) is 2.45. The summed E-state index contributed by atoms with van der Waals surface area (Å²) < 4.78 is 23.6. The first-order valence-corrected chi connectivity index (χ1v) is 6.90. The second-order valence-corrected chi connectivity index (χ2v) is 4.82. The second kappa shape index (κ2) is 5.93. The van der Waals surface area contributed by atoms with Crippen molar-refractivity contribution in [1.82, 2.24) is 0 Å². The Labute approximate surface area is 109 Å². The van der Waals surface area contributed by atoms with E-state index in [9.17, 15) is 8.76 Å². The summed E-state index contributed by atoms with van der Waals surface area (Å²) in [7, 11) is 0. The van der Waals surface area contributed by atoms with Gasteiger partial charge in [0.05, 0.1) is 6.54 Å². The molecule has 1 aliphatic heterocycles. The normalized spacial score (nSPS) is 16.2. The fraction of sp³-hybridized carbons (Fsp3) is 0.308. The maximum Gasteiger partial charge on any atom is 0.0572 e. The molecule has 0 fully saturated rings. The molecule has 0 aromatic heterocycles. The van der Waals surface area contributed by atoms with Crippen LogP contribution in [0.2, 0.25) is 0 Å². The first-order chi connectivity index (χ1) is 8.72. The van der Waals surface area contributed by atoms with Gasteiger partial charge in [-0.25, -0.2) is 0 Å². The molecule has 0 spiro atoms. The van der Waals surface area contributed by atoms with E-state index in [-0.39, 0.29) is 0 Å². The highest BCUT2D eigenvalue weighted by atomic mass is 32.2. The summed E-state index contributed by atoms with van der Waals surface area (Å²) in [5.74, 6) is 0. The van der Waals surface area contributed by atoms with Crippen LogP contribution in [0.5, 0.6) is 0 Å². The first-order valence-electron chi connectivity index (χ1n) is 5.87. The third kappa shape index (κ3) is 2.86. The minimum absolute atomic E-state index is 0.431. The fourth-order valence-electron chi connectivity index (χ4n) is 1.95. The second-order valence-electron chi connectivity index (χ2n) is 3.94. The number of rotatable bonds is 4. The number of benzene rings is 1. The zero-order valence-corrected chi connectivity index (χ0v) is 11.0. The van der Waals surface area contributed by atoms with Gasteiger partial charge >= 0.3 is 0 Å². The molecular formula is C13H15N2O2S-. The van der Waals surface area contributed by atoms with Crippen LogP contribution in [0.25, 0.3) is 5.57 Å². The number of aliphatic imine (C=N–C) groups is 1. The summed E-state index contributed by atoms with van der Waals surface area (Å²) in [6.07, 6.45) is 4.77. The number of dihydropyridines is 1. The van der Waals surface area contributed by atoms with Crippen LogP contribution in [0.15, 0.2) is 35.3 Å². The summed E-state index contributed by atoms with van der Waals surface area (Å²) in [4.78, 5) is 4.14. The minimum atomic E-state index is -2.23. The highest BCUT2D eigenvalue weighted by Gasteiger charge is 2.08. The number of anilines is 1. The van der Waals surface area contributed by atoms with E-state index < -0.39 is 11.3 Å². The van der Waals surface area contributed by atoms with Gasteiger partial charge in [-0.2, -0.15) is 0 Å². The third-order valence-corrected chi connectivity index (χ3v) is 3.68. The van der Waals surface area contributed by atoms with Crippen molar-refractivity contribution in [3.05, 3.63) is 35.9 Å². The number of allylic oxidation sites excluding steroid dienone is 1. The van der Waals surface area contributed by atoms with Gasteiger partial charge in [0.25, 0.3) is 0 Å². The Kier molecular flexibility index (Phi) is 4.28. The van der Waals surface area contributed by atoms with E-state index >= 15 is 0 Å². The summed E-state index contributed by atoms with van der Waals surface area (Å²) in [5.41, 5.74) is 2.95. The lowest BCUT2D eigenvalue weighted by Gasteiger charge is -2.25. The molecule has 0 bridgehead atoms. The predicted molar refractivity (Wildman–Crippen MR) is 74.3 cm³/mol. The lowest BCUT2D eigenvalue weighted by molar-refractivity contribution is 0.533. The van der Waals surface area contributed by atoms with Crippen LogP contribution in [0.3, 0.4) is 0 Å². The Morgan fingerprint density at radius 3 is 2.94 bits per heavy atom. The number of hydrogen-bond donors (Lipinski definition) is 0. The average Bonchev–Trinajstić information content (AvgIpc) is 2.40. The van der Waals surface area contributed by atoms with Gasteiger partial charge in [0.15, 0.2) is 0 Å². The smallest absolute Gasteiger partial charge is 0.0572 e. The lowest BCUT2D eigenvalue weighted by atomic mass is 10.0. The van der Waals surface area contributed by atoms with Gasteiger partial charge in [0.1, 0.15) is 0 Å². The first kappa shape index (κ1) is 13.0. The van der Waals surface area contributed by atoms with E-state index in [1.54, 1.807) is 6.07 Å². The summed E-state index contributed by atoms with van der Waals surface area (Å²) in [5, 5.41) is 0. The SMILES string of the molecule is CCN(c1cccc(C2=CCN=CC2)c1)S(=O)[O-]. The zero-order valence-electron chi connectivity index (χ0n) is 10.2. The van der Waals surface area contributed by atoms with Gasteiger partial charge in [-0.15, -0.1) is 0 Å². The highest BCUT2D eigenvalue weighted by molar-refractivity contribution is 7.80. The van der Waals surface area contributed by atoms with Crippen molar-refractivity contribution in [2.24, 2.45) is 4.99 Å². The molecular weight excluding hydrogens is 248 g/mol. The van der Waals surface area contributed by atoms with Crippen LogP contribution < -0.4 is 4.31 Å². The molecule has 1 atom stereocenters. The molecule has 0 amide bonds.